The fraction of sp³-hybridized carbons (Fsp3) is 0.333. The zero-order valence-corrected chi connectivity index (χ0v) is 14.6. The van der Waals surface area contributed by atoms with E-state index in [-0.39, 0.29) is 5.56 Å². The molecule has 1 aliphatic carbocycles. The van der Waals surface area contributed by atoms with Crippen molar-refractivity contribution < 1.29 is 18.3 Å². The summed E-state index contributed by atoms with van der Waals surface area (Å²) in [5.41, 5.74) is -1.09. The zero-order chi connectivity index (χ0) is 16.6. The Labute approximate surface area is 144 Å². The number of nitrogens with zero attached hydrogens (tertiary/aromatic N) is 1. The Balaban J connectivity index is 1.93. The average molecular weight is 403 g/mol. The maximum atomic E-state index is 14.1. The number of amides is 1. The van der Waals surface area contributed by atoms with E-state index in [9.17, 15) is 13.6 Å². The van der Waals surface area contributed by atoms with Crippen LogP contribution in [0.25, 0.3) is 0 Å². The van der Waals surface area contributed by atoms with E-state index < -0.39 is 23.1 Å². The molecule has 4 nitrogen and oxygen atoms in total. The molecule has 122 valence electrons. The van der Waals surface area contributed by atoms with Gasteiger partial charge in [0, 0.05) is 5.56 Å². The van der Waals surface area contributed by atoms with Crippen molar-refractivity contribution >= 4 is 33.4 Å². The standard InChI is InChI=1S/C15H13BrF2N2O2S/c1-22-14-11(16)12(23-20-14)13(21)19-15(6-3-7-15)10-8(17)4-2-5-9(10)18/h2,4-5H,3,6-7H2,1H3,(H,19,21). The Hall–Kier alpha value is -1.54. The molecule has 2 aromatic rings. The molecule has 8 heteroatoms. The molecule has 1 aromatic heterocycles. The van der Waals surface area contributed by atoms with Gasteiger partial charge in [0.05, 0.1) is 12.6 Å². The first kappa shape index (κ1) is 16.3. The number of ether oxygens (including phenoxy) is 1. The molecule has 1 N–H and O–H groups in total. The van der Waals surface area contributed by atoms with Gasteiger partial charge in [-0.25, -0.2) is 8.78 Å². The second-order valence-corrected chi connectivity index (χ2v) is 6.89. The first-order valence-electron chi connectivity index (χ1n) is 6.94. The van der Waals surface area contributed by atoms with E-state index in [0.29, 0.717) is 28.1 Å². The van der Waals surface area contributed by atoms with Crippen LogP contribution in [0.15, 0.2) is 22.7 Å². The van der Waals surface area contributed by atoms with E-state index >= 15 is 0 Å². The monoisotopic (exact) mass is 402 g/mol. The Morgan fingerprint density at radius 3 is 2.52 bits per heavy atom. The largest absolute Gasteiger partial charge is 0.480 e. The maximum Gasteiger partial charge on any atom is 0.265 e. The second kappa shape index (κ2) is 6.16. The van der Waals surface area contributed by atoms with Crippen LogP contribution >= 0.6 is 27.5 Å². The topological polar surface area (TPSA) is 51.2 Å². The summed E-state index contributed by atoms with van der Waals surface area (Å²) in [6.07, 6.45) is 1.77. The summed E-state index contributed by atoms with van der Waals surface area (Å²) in [6, 6.07) is 3.72. The van der Waals surface area contributed by atoms with Crippen molar-refractivity contribution in [2.24, 2.45) is 0 Å². The summed E-state index contributed by atoms with van der Waals surface area (Å²) < 4.78 is 37.7. The van der Waals surface area contributed by atoms with Gasteiger partial charge >= 0.3 is 0 Å². The number of halogens is 3. The van der Waals surface area contributed by atoms with Crippen molar-refractivity contribution in [1.29, 1.82) is 0 Å². The Bertz CT molecular complexity index is 742. The van der Waals surface area contributed by atoms with Gasteiger partial charge in [0.25, 0.3) is 5.91 Å². The molecule has 23 heavy (non-hydrogen) atoms. The van der Waals surface area contributed by atoms with Crippen molar-refractivity contribution in [3.05, 3.63) is 44.7 Å². The van der Waals surface area contributed by atoms with Gasteiger partial charge in [0.15, 0.2) is 0 Å². The van der Waals surface area contributed by atoms with Crippen LogP contribution in [-0.2, 0) is 5.54 Å². The van der Waals surface area contributed by atoms with Crippen LogP contribution in [0.2, 0.25) is 0 Å². The summed E-state index contributed by atoms with van der Waals surface area (Å²) in [4.78, 5) is 12.8. The van der Waals surface area contributed by atoms with Gasteiger partial charge in [-0.3, -0.25) is 4.79 Å². The van der Waals surface area contributed by atoms with Crippen molar-refractivity contribution in [3.8, 4) is 5.88 Å². The van der Waals surface area contributed by atoms with Crippen LogP contribution in [0.5, 0.6) is 5.88 Å². The fourth-order valence-electron chi connectivity index (χ4n) is 2.73. The van der Waals surface area contributed by atoms with E-state index in [1.54, 1.807) is 0 Å². The van der Waals surface area contributed by atoms with Gasteiger partial charge in [0.1, 0.15) is 21.0 Å². The number of carbonyl (C=O) groups is 1. The quantitative estimate of drug-likeness (QED) is 0.840. The van der Waals surface area contributed by atoms with E-state index in [1.807, 2.05) is 0 Å². The molecule has 0 radical (unpaired) electrons. The van der Waals surface area contributed by atoms with Crippen LogP contribution in [0.3, 0.4) is 0 Å². The first-order valence-corrected chi connectivity index (χ1v) is 8.51. The molecule has 1 fully saturated rings. The Morgan fingerprint density at radius 2 is 2.04 bits per heavy atom. The van der Waals surface area contributed by atoms with Gasteiger partial charge in [0.2, 0.25) is 5.88 Å². The maximum absolute atomic E-state index is 14.1. The van der Waals surface area contributed by atoms with Crippen molar-refractivity contribution in [2.75, 3.05) is 7.11 Å². The average Bonchev–Trinajstić information content (AvgIpc) is 2.85. The minimum absolute atomic E-state index is 0.0767. The summed E-state index contributed by atoms with van der Waals surface area (Å²) >= 11 is 4.22. The van der Waals surface area contributed by atoms with Crippen LogP contribution in [-0.4, -0.2) is 17.4 Å². The third-order valence-corrected chi connectivity index (χ3v) is 5.84. The molecule has 0 bridgehead atoms. The number of methoxy groups -OCH3 is 1. The van der Waals surface area contributed by atoms with Crippen molar-refractivity contribution in [2.45, 2.75) is 24.8 Å². The Kier molecular flexibility index (Phi) is 4.37. The molecule has 1 saturated carbocycles. The van der Waals surface area contributed by atoms with Crippen LogP contribution < -0.4 is 10.1 Å². The number of nitrogens with one attached hydrogen (secondary N) is 1. The molecule has 1 aliphatic rings. The summed E-state index contributed by atoms with van der Waals surface area (Å²) in [6.45, 7) is 0. The van der Waals surface area contributed by atoms with E-state index in [2.05, 4.69) is 25.6 Å². The molecule has 0 saturated heterocycles. The number of benzene rings is 1. The summed E-state index contributed by atoms with van der Waals surface area (Å²) in [5.74, 6) is -1.42. The molecule has 0 spiro atoms. The van der Waals surface area contributed by atoms with Crippen LogP contribution in [0, 0.1) is 11.6 Å². The zero-order valence-electron chi connectivity index (χ0n) is 12.2. The first-order chi connectivity index (χ1) is 11.0. The van der Waals surface area contributed by atoms with E-state index in [0.717, 1.165) is 18.0 Å². The van der Waals surface area contributed by atoms with Crippen molar-refractivity contribution in [1.82, 2.24) is 9.69 Å². The lowest BCUT2D eigenvalue weighted by molar-refractivity contribution is 0.0815. The SMILES string of the molecule is COc1nsc(C(=O)NC2(c3c(F)cccc3F)CCC2)c1Br. The molecule has 0 unspecified atom stereocenters. The van der Waals surface area contributed by atoms with Gasteiger partial charge in [-0.15, -0.1) is 0 Å². The lowest BCUT2D eigenvalue weighted by atomic mass is 9.71. The highest BCUT2D eigenvalue weighted by molar-refractivity contribution is 9.10. The summed E-state index contributed by atoms with van der Waals surface area (Å²) in [5, 5.41) is 2.79. The van der Waals surface area contributed by atoms with Crippen molar-refractivity contribution in [3.63, 3.8) is 0 Å². The number of aromatic nitrogens is 1. The number of rotatable bonds is 4. The Morgan fingerprint density at radius 1 is 1.39 bits per heavy atom. The molecule has 1 aromatic carbocycles. The van der Waals surface area contributed by atoms with Gasteiger partial charge < -0.3 is 10.1 Å². The molecular formula is C15H13BrF2N2O2S. The van der Waals surface area contributed by atoms with E-state index in [4.69, 9.17) is 4.74 Å². The molecule has 0 aliphatic heterocycles. The lowest BCUT2D eigenvalue weighted by Gasteiger charge is -2.43. The van der Waals surface area contributed by atoms with Crippen LogP contribution in [0.4, 0.5) is 8.78 Å². The number of hydrogen-bond acceptors (Lipinski definition) is 4. The predicted molar refractivity (Wildman–Crippen MR) is 85.7 cm³/mol. The van der Waals surface area contributed by atoms with Crippen LogP contribution in [0.1, 0.15) is 34.5 Å². The highest BCUT2D eigenvalue weighted by Gasteiger charge is 2.44. The second-order valence-electron chi connectivity index (χ2n) is 5.32. The fourth-order valence-corrected chi connectivity index (χ4v) is 4.14. The highest BCUT2D eigenvalue weighted by Crippen LogP contribution is 2.44. The minimum Gasteiger partial charge on any atom is -0.480 e. The smallest absolute Gasteiger partial charge is 0.265 e. The predicted octanol–water partition coefficient (Wildman–Crippen LogP) is 4.00. The number of hydrogen-bond donors (Lipinski definition) is 1. The lowest BCUT2D eigenvalue weighted by Crippen LogP contribution is -2.51. The molecule has 3 rings (SSSR count). The van der Waals surface area contributed by atoms with Gasteiger partial charge in [-0.2, -0.15) is 4.37 Å². The van der Waals surface area contributed by atoms with Gasteiger partial charge in [-0.1, -0.05) is 6.07 Å². The molecule has 1 amide bonds. The molecule has 0 atom stereocenters. The van der Waals surface area contributed by atoms with Gasteiger partial charge in [-0.05, 0) is 58.9 Å². The third-order valence-electron chi connectivity index (χ3n) is 4.01. The highest BCUT2D eigenvalue weighted by atomic mass is 79.9. The third kappa shape index (κ3) is 2.74. The normalized spacial score (nSPS) is 15.8. The summed E-state index contributed by atoms with van der Waals surface area (Å²) in [7, 11) is 1.45. The van der Waals surface area contributed by atoms with E-state index in [1.165, 1.54) is 25.3 Å². The minimum atomic E-state index is -1.01. The molecule has 1 heterocycles. The molecular weight excluding hydrogens is 390 g/mol. The number of carbonyl (C=O) groups excluding carboxylic acids is 1.